The average Bonchev–Trinajstić information content (AvgIpc) is 2.09. The Morgan fingerprint density at radius 3 is 3.22 bits per heavy atom. The molecule has 1 rings (SSSR count). The maximum atomic E-state index is 7.53. The van der Waals surface area contributed by atoms with E-state index < -0.39 is 18.5 Å². The molecule has 0 aliphatic carbocycles. The van der Waals surface area contributed by atoms with Gasteiger partial charge in [0.1, 0.15) is 0 Å². The van der Waals surface area contributed by atoms with Gasteiger partial charge in [-0.2, -0.15) is 0 Å². The molecule has 0 aliphatic rings. The summed E-state index contributed by atoms with van der Waals surface area (Å²) in [6.45, 7) is -2.59. The van der Waals surface area contributed by atoms with Gasteiger partial charge in [0.05, 0.1) is 9.13 Å². The Morgan fingerprint density at radius 1 is 1.78 bits per heavy atom. The lowest BCUT2D eigenvalue weighted by Crippen LogP contribution is -1.71. The lowest BCUT2D eigenvalue weighted by molar-refractivity contribution is 1.45. The van der Waals surface area contributed by atoms with Gasteiger partial charge in [-0.15, -0.1) is 0 Å². The fourth-order valence-corrected chi connectivity index (χ4v) is 0.760. The van der Waals surface area contributed by atoms with Crippen LogP contribution >= 0.6 is 27.5 Å². The normalized spacial score (nSPS) is 20.7. The second-order valence-corrected chi connectivity index (χ2v) is 2.55. The number of halogens is 2. The molecule has 0 spiro atoms. The van der Waals surface area contributed by atoms with E-state index in [-0.39, 0.29) is 21.6 Å². The van der Waals surface area contributed by atoms with Crippen molar-refractivity contribution in [2.24, 2.45) is 0 Å². The highest BCUT2D eigenvalue weighted by Gasteiger charge is 1.93. The topological polar surface area (TPSA) is 0 Å². The maximum absolute atomic E-state index is 7.53. The Morgan fingerprint density at radius 2 is 2.56 bits per heavy atom. The van der Waals surface area contributed by atoms with Crippen LogP contribution in [-0.4, -0.2) is 0 Å². The summed E-state index contributed by atoms with van der Waals surface area (Å²) in [5.74, 6) is 0. The van der Waals surface area contributed by atoms with Gasteiger partial charge in [0.15, 0.2) is 0 Å². The summed E-state index contributed by atoms with van der Waals surface area (Å²) >= 11 is 8.59. The van der Waals surface area contributed by atoms with Crippen molar-refractivity contribution in [3.8, 4) is 0 Å². The quantitative estimate of drug-likeness (QED) is 0.617. The van der Waals surface area contributed by atoms with E-state index in [1.807, 2.05) is 0 Å². The number of hydrogen-bond acceptors (Lipinski definition) is 0. The second-order valence-electron chi connectivity index (χ2n) is 1.38. The van der Waals surface area contributed by atoms with Crippen LogP contribution in [0.15, 0.2) is 22.6 Å². The van der Waals surface area contributed by atoms with Gasteiger partial charge in [0, 0.05) is 8.58 Å². The van der Waals surface area contributed by atoms with Crippen molar-refractivity contribution in [3.05, 3.63) is 33.2 Å². The summed E-state index contributed by atoms with van der Waals surface area (Å²) in [5, 5.41) is -0.113. The molecule has 0 aliphatic heterocycles. The first-order valence-electron chi connectivity index (χ1n) is 5.13. The zero-order valence-corrected chi connectivity index (χ0v) is 6.60. The lowest BCUT2D eigenvalue weighted by Gasteiger charge is -1.94. The summed E-state index contributed by atoms with van der Waals surface area (Å²) < 4.78 is 43.9. The van der Waals surface area contributed by atoms with E-state index >= 15 is 0 Å². The van der Waals surface area contributed by atoms with Gasteiger partial charge in [-0.05, 0) is 40.4 Å². The largest absolute Gasteiger partial charge is 0.0831 e. The van der Waals surface area contributed by atoms with Gasteiger partial charge in [-0.3, -0.25) is 0 Å². The highest BCUT2D eigenvalue weighted by Crippen LogP contribution is 2.22. The van der Waals surface area contributed by atoms with E-state index in [1.54, 1.807) is 0 Å². The molecule has 0 bridgehead atoms. The SMILES string of the molecule is [2H]c1c([2H])c(C([2H])([2H])[2H])c([2H])c(Br)c1Cl. The minimum Gasteiger partial charge on any atom is -0.0831 e. The lowest BCUT2D eigenvalue weighted by atomic mass is 10.2. The van der Waals surface area contributed by atoms with Crippen molar-refractivity contribution in [1.82, 2.24) is 0 Å². The Hall–Kier alpha value is -0.0100. The molecular formula is C7H6BrCl. The van der Waals surface area contributed by atoms with Crippen LogP contribution in [-0.2, 0) is 0 Å². The van der Waals surface area contributed by atoms with Crippen molar-refractivity contribution in [2.45, 2.75) is 6.85 Å². The van der Waals surface area contributed by atoms with Gasteiger partial charge in [-0.1, -0.05) is 17.6 Å². The second kappa shape index (κ2) is 2.72. The molecule has 0 aromatic heterocycles. The van der Waals surface area contributed by atoms with E-state index in [4.69, 9.17) is 19.8 Å². The first-order chi connectivity index (χ1) is 6.68. The van der Waals surface area contributed by atoms with Gasteiger partial charge in [0.2, 0.25) is 0 Å². The summed E-state index contributed by atoms with van der Waals surface area (Å²) in [5.41, 5.74) is -0.455. The molecule has 0 fully saturated rings. The third-order valence-corrected chi connectivity index (χ3v) is 1.83. The Bertz CT molecular complexity index is 384. The minimum atomic E-state index is -2.59. The van der Waals surface area contributed by atoms with Crippen molar-refractivity contribution < 1.29 is 8.22 Å². The third-order valence-electron chi connectivity index (χ3n) is 0.725. The molecule has 0 saturated carbocycles. The van der Waals surface area contributed by atoms with Crippen molar-refractivity contribution >= 4 is 27.5 Å². The predicted molar refractivity (Wildman–Crippen MR) is 43.9 cm³/mol. The fourth-order valence-electron chi connectivity index (χ4n) is 0.368. The molecule has 0 radical (unpaired) electrons. The first kappa shape index (κ1) is 2.55. The van der Waals surface area contributed by atoms with Crippen LogP contribution < -0.4 is 0 Å². The van der Waals surface area contributed by atoms with Gasteiger partial charge < -0.3 is 0 Å². The molecule has 9 heavy (non-hydrogen) atoms. The summed E-state index contributed by atoms with van der Waals surface area (Å²) in [6, 6.07) is -1.26. The monoisotopic (exact) mass is 210 g/mol. The highest BCUT2D eigenvalue weighted by atomic mass is 79.9. The standard InChI is InChI=1S/C7H6BrCl/c1-5-2-3-7(9)6(8)4-5/h2-4H,1H3/i1D3,2D,3D,4D. The van der Waals surface area contributed by atoms with Crippen LogP contribution in [0.1, 0.15) is 13.8 Å². The number of hydrogen-bond donors (Lipinski definition) is 0. The van der Waals surface area contributed by atoms with Crippen LogP contribution in [0, 0.1) is 6.85 Å². The maximum Gasteiger partial charge on any atom is 0.0639 e. The Labute approximate surface area is 76.4 Å². The molecule has 0 nitrogen and oxygen atoms in total. The van der Waals surface area contributed by atoms with Crippen LogP contribution in [0.25, 0.3) is 0 Å². The van der Waals surface area contributed by atoms with Crippen molar-refractivity contribution in [1.29, 1.82) is 0 Å². The molecule has 48 valence electrons. The molecule has 0 heterocycles. The van der Waals surface area contributed by atoms with Gasteiger partial charge in [0.25, 0.3) is 0 Å². The van der Waals surface area contributed by atoms with Gasteiger partial charge >= 0.3 is 0 Å². The third kappa shape index (κ3) is 1.70. The molecular weight excluding hydrogens is 199 g/mol. The fraction of sp³-hybridized carbons (Fsp3) is 0.143. The molecule has 0 atom stereocenters. The van der Waals surface area contributed by atoms with Crippen LogP contribution in [0.2, 0.25) is 5.02 Å². The zero-order chi connectivity index (χ0) is 12.0. The summed E-state index contributed by atoms with van der Waals surface area (Å²) in [6.07, 6.45) is 0. The Kier molecular flexibility index (Phi) is 0.771. The first-order valence-corrected chi connectivity index (χ1v) is 3.30. The molecule has 1 aromatic rings. The molecule has 2 heteroatoms. The van der Waals surface area contributed by atoms with Crippen molar-refractivity contribution in [2.75, 3.05) is 0 Å². The molecule has 0 saturated heterocycles. The number of benzene rings is 1. The van der Waals surface area contributed by atoms with Crippen LogP contribution in [0.4, 0.5) is 0 Å². The average molecular weight is 212 g/mol. The van der Waals surface area contributed by atoms with E-state index in [1.165, 1.54) is 0 Å². The molecule has 0 unspecified atom stereocenters. The van der Waals surface area contributed by atoms with Crippen molar-refractivity contribution in [3.63, 3.8) is 0 Å². The van der Waals surface area contributed by atoms with E-state index in [9.17, 15) is 0 Å². The van der Waals surface area contributed by atoms with E-state index in [2.05, 4.69) is 15.9 Å². The van der Waals surface area contributed by atoms with E-state index in [0.29, 0.717) is 0 Å². The summed E-state index contributed by atoms with van der Waals surface area (Å²) in [7, 11) is 0. The predicted octanol–water partition coefficient (Wildman–Crippen LogP) is 3.41. The molecule has 0 N–H and O–H groups in total. The smallest absolute Gasteiger partial charge is 0.0639 e. The Balaban J connectivity index is 3.68. The van der Waals surface area contributed by atoms with Gasteiger partial charge in [-0.25, -0.2) is 0 Å². The molecule has 0 amide bonds. The van der Waals surface area contributed by atoms with E-state index in [0.717, 1.165) is 0 Å². The molecule has 1 aromatic carbocycles. The minimum absolute atomic E-state index is 0.0382. The number of rotatable bonds is 0. The zero-order valence-electron chi connectivity index (χ0n) is 10.3. The highest BCUT2D eigenvalue weighted by molar-refractivity contribution is 9.10. The van der Waals surface area contributed by atoms with Crippen LogP contribution in [0.3, 0.4) is 0 Å². The summed E-state index contributed by atoms with van der Waals surface area (Å²) in [4.78, 5) is 0. The van der Waals surface area contributed by atoms with Crippen LogP contribution in [0.5, 0.6) is 0 Å².